The summed E-state index contributed by atoms with van der Waals surface area (Å²) in [5, 5.41) is 0. The molecular formula is C24H33F3. The van der Waals surface area contributed by atoms with Crippen molar-refractivity contribution in [1.82, 2.24) is 0 Å². The Morgan fingerprint density at radius 3 is 1.85 bits per heavy atom. The molecule has 2 aliphatic rings. The van der Waals surface area contributed by atoms with Crippen molar-refractivity contribution >= 4 is 0 Å². The fourth-order valence-electron chi connectivity index (χ4n) is 5.30. The Balaban J connectivity index is 1.39. The zero-order chi connectivity index (χ0) is 19.2. The molecule has 0 heterocycles. The maximum absolute atomic E-state index is 13.3. The van der Waals surface area contributed by atoms with Gasteiger partial charge in [0, 0.05) is 0 Å². The SMILES string of the molecule is C/C=C/CC1CCC(C2CCC(CCc3cc(F)c(F)c(F)c3)CC2)CC1. The summed E-state index contributed by atoms with van der Waals surface area (Å²) >= 11 is 0. The third-order valence-electron chi connectivity index (χ3n) is 7.04. The van der Waals surface area contributed by atoms with Crippen molar-refractivity contribution < 1.29 is 13.2 Å². The van der Waals surface area contributed by atoms with E-state index in [1.54, 1.807) is 0 Å². The van der Waals surface area contributed by atoms with Gasteiger partial charge >= 0.3 is 0 Å². The second-order valence-electron chi connectivity index (χ2n) is 8.78. The van der Waals surface area contributed by atoms with Gasteiger partial charge in [-0.15, -0.1) is 0 Å². The lowest BCUT2D eigenvalue weighted by atomic mass is 9.68. The van der Waals surface area contributed by atoms with Crippen molar-refractivity contribution in [3.63, 3.8) is 0 Å². The van der Waals surface area contributed by atoms with E-state index in [1.165, 1.54) is 57.8 Å². The number of halogens is 3. The molecule has 2 aliphatic carbocycles. The summed E-state index contributed by atoms with van der Waals surface area (Å²) in [5.41, 5.74) is 0.577. The van der Waals surface area contributed by atoms with E-state index in [0.717, 1.165) is 36.3 Å². The van der Waals surface area contributed by atoms with E-state index >= 15 is 0 Å². The molecule has 0 atom stereocenters. The third-order valence-corrected chi connectivity index (χ3v) is 7.04. The van der Waals surface area contributed by atoms with Crippen LogP contribution in [0.25, 0.3) is 0 Å². The molecular weight excluding hydrogens is 345 g/mol. The van der Waals surface area contributed by atoms with Gasteiger partial charge in [0.25, 0.3) is 0 Å². The Morgan fingerprint density at radius 1 is 0.815 bits per heavy atom. The van der Waals surface area contributed by atoms with Crippen LogP contribution in [0.2, 0.25) is 0 Å². The molecule has 0 N–H and O–H groups in total. The van der Waals surface area contributed by atoms with E-state index < -0.39 is 17.5 Å². The van der Waals surface area contributed by atoms with Gasteiger partial charge in [-0.25, -0.2) is 13.2 Å². The van der Waals surface area contributed by atoms with Gasteiger partial charge in [0.1, 0.15) is 0 Å². The first-order valence-electron chi connectivity index (χ1n) is 10.8. The zero-order valence-corrected chi connectivity index (χ0v) is 16.5. The summed E-state index contributed by atoms with van der Waals surface area (Å²) in [4.78, 5) is 0. The Hall–Kier alpha value is -1.25. The molecule has 0 bridgehead atoms. The number of hydrogen-bond acceptors (Lipinski definition) is 0. The number of hydrogen-bond donors (Lipinski definition) is 0. The van der Waals surface area contributed by atoms with Crippen molar-refractivity contribution in [2.24, 2.45) is 23.7 Å². The van der Waals surface area contributed by atoms with Crippen molar-refractivity contribution in [3.05, 3.63) is 47.3 Å². The van der Waals surface area contributed by atoms with Gasteiger partial charge in [-0.1, -0.05) is 25.0 Å². The fraction of sp³-hybridized carbons (Fsp3) is 0.667. The van der Waals surface area contributed by atoms with Crippen LogP contribution >= 0.6 is 0 Å². The van der Waals surface area contributed by atoms with Crippen LogP contribution in [0, 0.1) is 41.1 Å². The van der Waals surface area contributed by atoms with Crippen LogP contribution in [-0.2, 0) is 6.42 Å². The van der Waals surface area contributed by atoms with E-state index in [0.29, 0.717) is 17.9 Å². The molecule has 0 spiro atoms. The van der Waals surface area contributed by atoms with Crippen LogP contribution in [0.1, 0.15) is 76.7 Å². The highest BCUT2D eigenvalue weighted by Gasteiger charge is 2.30. The molecule has 2 fully saturated rings. The van der Waals surface area contributed by atoms with Gasteiger partial charge < -0.3 is 0 Å². The summed E-state index contributed by atoms with van der Waals surface area (Å²) < 4.78 is 39.7. The Labute approximate surface area is 162 Å². The molecule has 0 nitrogen and oxygen atoms in total. The number of rotatable bonds is 6. The largest absolute Gasteiger partial charge is 0.204 e. The van der Waals surface area contributed by atoms with Crippen LogP contribution in [0.3, 0.4) is 0 Å². The van der Waals surface area contributed by atoms with Crippen molar-refractivity contribution in [3.8, 4) is 0 Å². The number of benzene rings is 1. The van der Waals surface area contributed by atoms with Gasteiger partial charge in [-0.2, -0.15) is 0 Å². The monoisotopic (exact) mass is 378 g/mol. The highest BCUT2D eigenvalue weighted by molar-refractivity contribution is 5.19. The molecule has 0 amide bonds. The standard InChI is InChI=1S/C24H33F3/c1-2-3-4-17-7-11-20(12-8-17)21-13-9-18(10-14-21)5-6-19-15-22(25)24(27)23(26)16-19/h2-3,15-18,20-21H,4-14H2,1H3/b3-2+. The fourth-order valence-corrected chi connectivity index (χ4v) is 5.30. The quantitative estimate of drug-likeness (QED) is 0.353. The van der Waals surface area contributed by atoms with E-state index in [1.807, 2.05) is 0 Å². The molecule has 0 unspecified atom stereocenters. The topological polar surface area (TPSA) is 0 Å². The minimum Gasteiger partial charge on any atom is -0.204 e. The summed E-state index contributed by atoms with van der Waals surface area (Å²) in [6.07, 6.45) is 18.0. The minimum absolute atomic E-state index is 0.577. The minimum atomic E-state index is -1.36. The van der Waals surface area contributed by atoms with Crippen LogP contribution < -0.4 is 0 Å². The normalized spacial score (nSPS) is 29.3. The van der Waals surface area contributed by atoms with Crippen LogP contribution in [0.5, 0.6) is 0 Å². The van der Waals surface area contributed by atoms with Crippen molar-refractivity contribution in [2.45, 2.75) is 77.6 Å². The van der Waals surface area contributed by atoms with Crippen LogP contribution in [-0.4, -0.2) is 0 Å². The highest BCUT2D eigenvalue weighted by Crippen LogP contribution is 2.42. The Bertz CT molecular complexity index is 598. The first-order valence-corrected chi connectivity index (χ1v) is 10.8. The Morgan fingerprint density at radius 2 is 1.33 bits per heavy atom. The van der Waals surface area contributed by atoms with E-state index in [2.05, 4.69) is 19.1 Å². The summed E-state index contributed by atoms with van der Waals surface area (Å²) in [6.45, 7) is 2.10. The molecule has 27 heavy (non-hydrogen) atoms. The smallest absolute Gasteiger partial charge is 0.194 e. The molecule has 3 heteroatoms. The van der Waals surface area contributed by atoms with Crippen LogP contribution in [0.4, 0.5) is 13.2 Å². The van der Waals surface area contributed by atoms with Gasteiger partial charge in [-0.05, 0) is 106 Å². The number of aryl methyl sites for hydroxylation is 1. The van der Waals surface area contributed by atoms with Gasteiger partial charge in [0.2, 0.25) is 0 Å². The maximum Gasteiger partial charge on any atom is 0.194 e. The third kappa shape index (κ3) is 5.62. The average Bonchev–Trinajstić information content (AvgIpc) is 2.69. The molecule has 0 aliphatic heterocycles. The number of allylic oxidation sites excluding steroid dienone is 2. The first kappa shape index (κ1) is 20.5. The molecule has 2 saturated carbocycles. The predicted octanol–water partition coefficient (Wildman–Crippen LogP) is 7.62. The van der Waals surface area contributed by atoms with Crippen molar-refractivity contribution in [2.75, 3.05) is 0 Å². The molecule has 1 aromatic rings. The molecule has 3 rings (SSSR count). The highest BCUT2D eigenvalue weighted by atomic mass is 19.2. The molecule has 0 radical (unpaired) electrons. The molecule has 0 aromatic heterocycles. The zero-order valence-electron chi connectivity index (χ0n) is 16.5. The van der Waals surface area contributed by atoms with E-state index in [4.69, 9.17) is 0 Å². The van der Waals surface area contributed by atoms with Crippen LogP contribution in [0.15, 0.2) is 24.3 Å². The lowest BCUT2D eigenvalue weighted by Gasteiger charge is -2.37. The van der Waals surface area contributed by atoms with Gasteiger partial charge in [-0.3, -0.25) is 0 Å². The maximum atomic E-state index is 13.3. The lowest BCUT2D eigenvalue weighted by Crippen LogP contribution is -2.26. The summed E-state index contributed by atoms with van der Waals surface area (Å²) in [6, 6.07) is 2.30. The molecule has 0 saturated heterocycles. The van der Waals surface area contributed by atoms with Crippen molar-refractivity contribution in [1.29, 1.82) is 0 Å². The lowest BCUT2D eigenvalue weighted by molar-refractivity contribution is 0.144. The van der Waals surface area contributed by atoms with Gasteiger partial charge in [0.15, 0.2) is 17.5 Å². The van der Waals surface area contributed by atoms with Gasteiger partial charge in [0.05, 0.1) is 0 Å². The van der Waals surface area contributed by atoms with E-state index in [-0.39, 0.29) is 0 Å². The second-order valence-corrected chi connectivity index (χ2v) is 8.78. The second kappa shape index (κ2) is 9.80. The predicted molar refractivity (Wildman–Crippen MR) is 105 cm³/mol. The van der Waals surface area contributed by atoms with E-state index in [9.17, 15) is 13.2 Å². The molecule has 1 aromatic carbocycles. The Kier molecular flexibility index (Phi) is 7.43. The molecule has 150 valence electrons. The summed E-state index contributed by atoms with van der Waals surface area (Å²) in [7, 11) is 0. The summed E-state index contributed by atoms with van der Waals surface area (Å²) in [5.74, 6) is -0.177. The average molecular weight is 379 g/mol. The first-order chi connectivity index (χ1) is 13.1.